The molecule has 1 saturated heterocycles. The molecule has 1 aliphatic rings. The molecule has 5 N–H and O–H groups in total. The Kier molecular flexibility index (Phi) is 6.27. The summed E-state index contributed by atoms with van der Waals surface area (Å²) in [5.41, 5.74) is 0.689. The van der Waals surface area contributed by atoms with E-state index < -0.39 is 30.8 Å². The summed E-state index contributed by atoms with van der Waals surface area (Å²) in [5.74, 6) is -0.295. The summed E-state index contributed by atoms with van der Waals surface area (Å²) >= 11 is 7.12. The average molecular weight is 417 g/mol. The molecule has 1 fully saturated rings. The van der Waals surface area contributed by atoms with Crippen molar-refractivity contribution in [2.24, 2.45) is 0 Å². The molecule has 2 aromatic heterocycles. The first-order chi connectivity index (χ1) is 12.9. The Bertz CT molecular complexity index is 799. The number of hydrogen-bond acceptors (Lipinski definition) is 9. The summed E-state index contributed by atoms with van der Waals surface area (Å²) in [4.78, 5) is 21.1. The molecule has 27 heavy (non-hydrogen) atoms. The van der Waals surface area contributed by atoms with Crippen LogP contribution in [-0.2, 0) is 6.42 Å². The maximum Gasteiger partial charge on any atom is 0.287 e. The second-order valence-electron chi connectivity index (χ2n) is 6.21. The second-order valence-corrected chi connectivity index (χ2v) is 7.56. The molecule has 148 valence electrons. The minimum atomic E-state index is -1.06. The van der Waals surface area contributed by atoms with Crippen LogP contribution in [0.3, 0.4) is 0 Å². The normalized spacial score (nSPS) is 21.3. The van der Waals surface area contributed by atoms with E-state index in [9.17, 15) is 15.0 Å². The molecular weight excluding hydrogens is 396 g/mol. The fraction of sp³-hybridized carbons (Fsp3) is 0.600. The van der Waals surface area contributed by atoms with Crippen molar-refractivity contribution in [1.29, 1.82) is 0 Å². The van der Waals surface area contributed by atoms with Gasteiger partial charge >= 0.3 is 0 Å². The minimum Gasteiger partial charge on any atom is -0.393 e. The topological polar surface area (TPSA) is 147 Å². The Balaban J connectivity index is 1.59. The number of nitrogens with one attached hydrogen (secondary N) is 2. The molecule has 0 bridgehead atoms. The minimum absolute atomic E-state index is 0.123. The maximum absolute atomic E-state index is 12.3. The number of aliphatic hydroxyl groups excluding tert-OH is 3. The summed E-state index contributed by atoms with van der Waals surface area (Å²) in [6.07, 6.45) is -0.742. The molecule has 3 heterocycles. The van der Waals surface area contributed by atoms with Gasteiger partial charge in [-0.25, -0.2) is 4.98 Å². The van der Waals surface area contributed by atoms with Gasteiger partial charge in [-0.1, -0.05) is 29.9 Å². The average Bonchev–Trinajstić information content (AvgIpc) is 3.29. The van der Waals surface area contributed by atoms with Crippen LogP contribution in [0, 0.1) is 0 Å². The second kappa shape index (κ2) is 8.48. The number of rotatable bonds is 6. The zero-order chi connectivity index (χ0) is 19.6. The molecule has 0 unspecified atom stereocenters. The van der Waals surface area contributed by atoms with Gasteiger partial charge in [-0.15, -0.1) is 10.2 Å². The molecule has 3 atom stereocenters. The van der Waals surface area contributed by atoms with Crippen LogP contribution in [0.15, 0.2) is 0 Å². The number of aromatic amines is 1. The third kappa shape index (κ3) is 4.38. The first-order valence-corrected chi connectivity index (χ1v) is 9.73. The van der Waals surface area contributed by atoms with Crippen molar-refractivity contribution in [2.45, 2.75) is 38.0 Å². The van der Waals surface area contributed by atoms with Crippen LogP contribution in [0.4, 0.5) is 5.13 Å². The molecule has 1 aliphatic heterocycles. The van der Waals surface area contributed by atoms with Crippen LogP contribution in [0.1, 0.15) is 40.8 Å². The van der Waals surface area contributed by atoms with Crippen LogP contribution >= 0.6 is 22.9 Å². The molecule has 0 saturated carbocycles. The number of anilines is 1. The predicted molar refractivity (Wildman–Crippen MR) is 99.0 cm³/mol. The van der Waals surface area contributed by atoms with Crippen molar-refractivity contribution in [3.05, 3.63) is 21.7 Å². The monoisotopic (exact) mass is 416 g/mol. The van der Waals surface area contributed by atoms with E-state index in [1.54, 1.807) is 0 Å². The van der Waals surface area contributed by atoms with Gasteiger partial charge in [0, 0.05) is 13.1 Å². The van der Waals surface area contributed by atoms with Gasteiger partial charge in [0.25, 0.3) is 5.91 Å². The van der Waals surface area contributed by atoms with Crippen LogP contribution in [0.2, 0.25) is 5.15 Å². The number of aryl methyl sites for hydroxylation is 1. The maximum atomic E-state index is 12.3. The molecule has 0 spiro atoms. The van der Waals surface area contributed by atoms with Gasteiger partial charge in [0.1, 0.15) is 11.1 Å². The summed E-state index contributed by atoms with van der Waals surface area (Å²) < 4.78 is 0. The number of halogens is 1. The molecule has 0 aromatic carbocycles. The van der Waals surface area contributed by atoms with E-state index in [0.29, 0.717) is 35.2 Å². The van der Waals surface area contributed by atoms with Crippen molar-refractivity contribution in [2.75, 3.05) is 24.6 Å². The van der Waals surface area contributed by atoms with Gasteiger partial charge in [-0.05, 0) is 12.8 Å². The van der Waals surface area contributed by atoms with Crippen LogP contribution < -0.4 is 10.2 Å². The van der Waals surface area contributed by atoms with E-state index in [1.807, 2.05) is 11.8 Å². The molecule has 10 nitrogen and oxygen atoms in total. The summed E-state index contributed by atoms with van der Waals surface area (Å²) in [5, 5.41) is 40.8. The first kappa shape index (κ1) is 20.0. The third-order valence-electron chi connectivity index (χ3n) is 4.35. The van der Waals surface area contributed by atoms with Crippen molar-refractivity contribution in [3.8, 4) is 0 Å². The largest absolute Gasteiger partial charge is 0.393 e. The number of piperidine rings is 1. The molecule has 0 aliphatic carbocycles. The van der Waals surface area contributed by atoms with Crippen LogP contribution in [0.5, 0.6) is 0 Å². The fourth-order valence-corrected chi connectivity index (χ4v) is 3.93. The highest BCUT2D eigenvalue weighted by Gasteiger charge is 2.31. The highest BCUT2D eigenvalue weighted by Crippen LogP contribution is 2.27. The molecule has 12 heteroatoms. The lowest BCUT2D eigenvalue weighted by Gasteiger charge is -2.35. The molecular formula is C15H21ClN6O4S. The SMILES string of the molecule is CCc1[nH]c(C(=O)N[C@@H]2CCN(c3nnc([C@H](O)CO)s3)C[C@@H]2O)nc1Cl. The van der Waals surface area contributed by atoms with E-state index in [2.05, 4.69) is 25.5 Å². The zero-order valence-electron chi connectivity index (χ0n) is 14.6. The molecule has 2 aromatic rings. The van der Waals surface area contributed by atoms with Crippen molar-refractivity contribution in [3.63, 3.8) is 0 Å². The number of carbonyl (C=O) groups is 1. The smallest absolute Gasteiger partial charge is 0.287 e. The van der Waals surface area contributed by atoms with Gasteiger partial charge < -0.3 is 30.5 Å². The number of β-amino-alcohol motifs (C(OH)–C–C–N with tert-alkyl or cyclic N) is 1. The van der Waals surface area contributed by atoms with Gasteiger partial charge in [-0.2, -0.15) is 0 Å². The fourth-order valence-electron chi connectivity index (χ4n) is 2.81. The van der Waals surface area contributed by atoms with Gasteiger partial charge in [0.2, 0.25) is 5.13 Å². The van der Waals surface area contributed by atoms with Crippen molar-refractivity contribution < 1.29 is 20.1 Å². The van der Waals surface area contributed by atoms with Gasteiger partial charge in [0.15, 0.2) is 11.0 Å². The van der Waals surface area contributed by atoms with E-state index in [0.717, 1.165) is 11.3 Å². The molecule has 0 radical (unpaired) electrons. The number of nitrogens with zero attached hydrogens (tertiary/aromatic N) is 4. The van der Waals surface area contributed by atoms with Crippen molar-refractivity contribution >= 4 is 34.0 Å². The quantitative estimate of drug-likeness (QED) is 0.437. The number of hydrogen-bond donors (Lipinski definition) is 5. The van der Waals surface area contributed by atoms with E-state index in [1.165, 1.54) is 0 Å². The third-order valence-corrected chi connectivity index (χ3v) is 5.75. The van der Waals surface area contributed by atoms with Crippen LogP contribution in [0.25, 0.3) is 0 Å². The Morgan fingerprint density at radius 2 is 2.30 bits per heavy atom. The molecule has 1 amide bonds. The summed E-state index contributed by atoms with van der Waals surface area (Å²) in [6, 6.07) is -0.432. The van der Waals surface area contributed by atoms with E-state index in [-0.39, 0.29) is 17.5 Å². The standard InChI is InChI=1S/C15H21ClN6O4S/c1-2-7-11(16)19-12(17-7)13(26)18-8-3-4-22(5-9(8)24)15-21-20-14(27-15)10(25)6-23/h8-10,23-25H,2-6H2,1H3,(H,17,19)(H,18,26)/t8-,9+,10-/m1/s1. The number of aliphatic hydroxyl groups is 3. The lowest BCUT2D eigenvalue weighted by molar-refractivity contribution is 0.0790. The summed E-state index contributed by atoms with van der Waals surface area (Å²) in [6.45, 7) is 2.28. The lowest BCUT2D eigenvalue weighted by atomic mass is 10.0. The van der Waals surface area contributed by atoms with Crippen LogP contribution in [-0.4, -0.2) is 73.2 Å². The number of amides is 1. The predicted octanol–water partition coefficient (Wildman–Crippen LogP) is -0.128. The Hall–Kier alpha value is -1.79. The van der Waals surface area contributed by atoms with Gasteiger partial charge in [0.05, 0.1) is 24.4 Å². The number of aromatic nitrogens is 4. The zero-order valence-corrected chi connectivity index (χ0v) is 16.2. The van der Waals surface area contributed by atoms with E-state index in [4.69, 9.17) is 16.7 Å². The number of imidazole rings is 1. The lowest BCUT2D eigenvalue weighted by Crippen LogP contribution is -2.54. The number of H-pyrrole nitrogens is 1. The number of carbonyl (C=O) groups excluding carboxylic acids is 1. The molecule has 3 rings (SSSR count). The Morgan fingerprint density at radius 3 is 2.93 bits per heavy atom. The summed E-state index contributed by atoms with van der Waals surface area (Å²) in [7, 11) is 0. The Labute approximate surface area is 164 Å². The van der Waals surface area contributed by atoms with E-state index >= 15 is 0 Å². The first-order valence-electron chi connectivity index (χ1n) is 8.53. The highest BCUT2D eigenvalue weighted by atomic mass is 35.5. The van der Waals surface area contributed by atoms with Crippen molar-refractivity contribution in [1.82, 2.24) is 25.5 Å². The Morgan fingerprint density at radius 1 is 1.52 bits per heavy atom. The van der Waals surface area contributed by atoms with Gasteiger partial charge in [-0.3, -0.25) is 4.79 Å². The highest BCUT2D eigenvalue weighted by molar-refractivity contribution is 7.15.